The summed E-state index contributed by atoms with van der Waals surface area (Å²) in [5.41, 5.74) is 8.78. The second-order valence-electron chi connectivity index (χ2n) is 7.49. The van der Waals surface area contributed by atoms with Gasteiger partial charge in [-0.3, -0.25) is 0 Å². The van der Waals surface area contributed by atoms with Crippen molar-refractivity contribution in [1.29, 1.82) is 0 Å². The van der Waals surface area contributed by atoms with E-state index in [1.165, 1.54) is 0 Å². The number of nitrogens with zero attached hydrogens (tertiary/aromatic N) is 3. The van der Waals surface area contributed by atoms with Crippen LogP contribution in [0.25, 0.3) is 16.8 Å². The zero-order chi connectivity index (χ0) is 19.3. The molecule has 4 rings (SSSR count). The Morgan fingerprint density at radius 2 is 1.96 bits per heavy atom. The molecule has 1 saturated heterocycles. The first-order valence-corrected chi connectivity index (χ1v) is 9.63. The average molecular weight is 406 g/mol. The van der Waals surface area contributed by atoms with E-state index in [9.17, 15) is 4.79 Å². The van der Waals surface area contributed by atoms with Gasteiger partial charge in [-0.1, -0.05) is 35.3 Å². The Morgan fingerprint density at radius 1 is 1.26 bits per heavy atom. The Balaban J connectivity index is 1.91. The topological polar surface area (TPSA) is 79.4 Å². The standard InChI is InChI=1S/C19H21Cl2N5O/c1-11-10-14(25-8-6-19(2,22)7-9-25)26-17(23-18(27)24-26)15(11)12-4-3-5-13(20)16(12)21/h3-5,10H,6-9,22H2,1-2H3,(H,24,27). The Hall–Kier alpha value is -2.02. The van der Waals surface area contributed by atoms with Crippen molar-refractivity contribution in [2.45, 2.75) is 32.2 Å². The van der Waals surface area contributed by atoms with Gasteiger partial charge in [0.15, 0.2) is 5.65 Å². The van der Waals surface area contributed by atoms with Crippen molar-refractivity contribution in [3.8, 4) is 11.1 Å². The summed E-state index contributed by atoms with van der Waals surface area (Å²) in [6.07, 6.45) is 1.77. The van der Waals surface area contributed by atoms with Gasteiger partial charge in [0.05, 0.1) is 10.0 Å². The maximum Gasteiger partial charge on any atom is 0.362 e. The highest BCUT2D eigenvalue weighted by atomic mass is 35.5. The first-order valence-electron chi connectivity index (χ1n) is 8.87. The smallest absolute Gasteiger partial charge is 0.356 e. The molecule has 1 aromatic carbocycles. The number of aryl methyl sites for hydroxylation is 1. The van der Waals surface area contributed by atoms with Crippen molar-refractivity contribution < 1.29 is 0 Å². The highest BCUT2D eigenvalue weighted by Gasteiger charge is 2.28. The number of benzene rings is 1. The van der Waals surface area contributed by atoms with E-state index in [0.29, 0.717) is 15.7 Å². The fourth-order valence-corrected chi connectivity index (χ4v) is 4.06. The van der Waals surface area contributed by atoms with Crippen LogP contribution in [0.4, 0.5) is 5.82 Å². The molecule has 0 unspecified atom stereocenters. The van der Waals surface area contributed by atoms with Crippen LogP contribution in [0.5, 0.6) is 0 Å². The Kier molecular flexibility index (Phi) is 4.45. The molecule has 142 valence electrons. The summed E-state index contributed by atoms with van der Waals surface area (Å²) >= 11 is 12.6. The number of hydrogen-bond acceptors (Lipinski definition) is 4. The largest absolute Gasteiger partial charge is 0.362 e. The number of nitrogens with two attached hydrogens (primary N) is 1. The summed E-state index contributed by atoms with van der Waals surface area (Å²) in [7, 11) is 0. The molecule has 6 nitrogen and oxygen atoms in total. The zero-order valence-electron chi connectivity index (χ0n) is 15.2. The SMILES string of the molecule is Cc1cc(N2CCC(C)(N)CC2)n2[nH]c(=O)nc2c1-c1cccc(Cl)c1Cl. The average Bonchev–Trinajstić information content (AvgIpc) is 2.99. The molecule has 27 heavy (non-hydrogen) atoms. The highest BCUT2D eigenvalue weighted by Crippen LogP contribution is 2.38. The second kappa shape index (κ2) is 6.55. The van der Waals surface area contributed by atoms with E-state index in [-0.39, 0.29) is 5.54 Å². The van der Waals surface area contributed by atoms with Crippen LogP contribution in [-0.4, -0.2) is 33.2 Å². The fraction of sp³-hybridized carbons (Fsp3) is 0.368. The molecule has 2 aromatic heterocycles. The third-order valence-electron chi connectivity index (χ3n) is 5.27. The van der Waals surface area contributed by atoms with E-state index in [1.54, 1.807) is 10.6 Å². The van der Waals surface area contributed by atoms with Gasteiger partial charge >= 0.3 is 5.69 Å². The predicted molar refractivity (Wildman–Crippen MR) is 110 cm³/mol. The van der Waals surface area contributed by atoms with Crippen LogP contribution in [0.2, 0.25) is 10.0 Å². The molecule has 0 radical (unpaired) electrons. The van der Waals surface area contributed by atoms with Crippen molar-refractivity contribution in [2.75, 3.05) is 18.0 Å². The van der Waals surface area contributed by atoms with Crippen LogP contribution in [0.15, 0.2) is 29.1 Å². The number of anilines is 1. The van der Waals surface area contributed by atoms with E-state index < -0.39 is 5.69 Å². The van der Waals surface area contributed by atoms with Gasteiger partial charge in [0.1, 0.15) is 5.82 Å². The summed E-state index contributed by atoms with van der Waals surface area (Å²) in [4.78, 5) is 18.5. The normalized spacial score (nSPS) is 16.9. The van der Waals surface area contributed by atoms with Gasteiger partial charge in [-0.2, -0.15) is 4.98 Å². The molecule has 3 heterocycles. The van der Waals surface area contributed by atoms with E-state index in [0.717, 1.165) is 48.4 Å². The third-order valence-corrected chi connectivity index (χ3v) is 6.09. The van der Waals surface area contributed by atoms with Gasteiger partial charge in [-0.25, -0.2) is 14.4 Å². The molecule has 3 N–H and O–H groups in total. The monoisotopic (exact) mass is 405 g/mol. The summed E-state index contributed by atoms with van der Waals surface area (Å²) < 4.78 is 1.74. The molecule has 1 aliphatic rings. The quantitative estimate of drug-likeness (QED) is 0.681. The molecule has 0 amide bonds. The third kappa shape index (κ3) is 3.22. The van der Waals surface area contributed by atoms with Gasteiger partial charge in [-0.05, 0) is 44.4 Å². The fourth-order valence-electron chi connectivity index (χ4n) is 3.67. The molecule has 1 aliphatic heterocycles. The lowest BCUT2D eigenvalue weighted by Gasteiger charge is -2.38. The van der Waals surface area contributed by atoms with Gasteiger partial charge in [-0.15, -0.1) is 0 Å². The second-order valence-corrected chi connectivity index (χ2v) is 8.28. The summed E-state index contributed by atoms with van der Waals surface area (Å²) in [5, 5.41) is 3.73. The van der Waals surface area contributed by atoms with Gasteiger partial charge in [0.2, 0.25) is 0 Å². The molecule has 3 aromatic rings. The van der Waals surface area contributed by atoms with Gasteiger partial charge in [0, 0.05) is 29.8 Å². The van der Waals surface area contributed by atoms with Crippen LogP contribution in [-0.2, 0) is 0 Å². The molecule has 0 aliphatic carbocycles. The molecule has 8 heteroatoms. The number of aromatic nitrogens is 3. The molecule has 1 fully saturated rings. The number of aromatic amines is 1. The van der Waals surface area contributed by atoms with E-state index in [2.05, 4.69) is 28.0 Å². The minimum absolute atomic E-state index is 0.152. The van der Waals surface area contributed by atoms with Crippen LogP contribution in [0, 0.1) is 6.92 Å². The number of fused-ring (bicyclic) bond motifs is 1. The van der Waals surface area contributed by atoms with Crippen LogP contribution in [0.1, 0.15) is 25.3 Å². The van der Waals surface area contributed by atoms with Crippen molar-refractivity contribution in [3.63, 3.8) is 0 Å². The number of piperidine rings is 1. The Bertz CT molecular complexity index is 1080. The first-order chi connectivity index (χ1) is 12.8. The number of H-pyrrole nitrogens is 1. The summed E-state index contributed by atoms with van der Waals surface area (Å²) in [6.45, 7) is 5.71. The minimum Gasteiger partial charge on any atom is -0.356 e. The lowest BCUT2D eigenvalue weighted by Crippen LogP contribution is -2.48. The number of rotatable bonds is 2. The predicted octanol–water partition coefficient (Wildman–Crippen LogP) is 3.62. The van der Waals surface area contributed by atoms with E-state index in [4.69, 9.17) is 28.9 Å². The molecule has 0 saturated carbocycles. The number of hydrogen-bond donors (Lipinski definition) is 2. The lowest BCUT2D eigenvalue weighted by molar-refractivity contribution is 0.362. The van der Waals surface area contributed by atoms with E-state index >= 15 is 0 Å². The maximum absolute atomic E-state index is 12.1. The van der Waals surface area contributed by atoms with E-state index in [1.807, 2.05) is 19.1 Å². The molecular weight excluding hydrogens is 385 g/mol. The molecule has 0 atom stereocenters. The van der Waals surface area contributed by atoms with Crippen molar-refractivity contribution in [2.24, 2.45) is 5.73 Å². The number of pyridine rings is 1. The van der Waals surface area contributed by atoms with Crippen molar-refractivity contribution in [1.82, 2.24) is 14.6 Å². The van der Waals surface area contributed by atoms with Crippen LogP contribution >= 0.6 is 23.2 Å². The summed E-state index contributed by atoms with van der Waals surface area (Å²) in [5.74, 6) is 0.898. The Labute approximate surface area is 166 Å². The maximum atomic E-state index is 12.1. The number of nitrogens with one attached hydrogen (secondary N) is 1. The molecule has 0 bridgehead atoms. The van der Waals surface area contributed by atoms with Crippen molar-refractivity contribution >= 4 is 34.7 Å². The minimum atomic E-state index is -0.401. The Morgan fingerprint density at radius 3 is 2.67 bits per heavy atom. The van der Waals surface area contributed by atoms with Gasteiger partial charge in [0.25, 0.3) is 0 Å². The summed E-state index contributed by atoms with van der Waals surface area (Å²) in [6, 6.07) is 7.51. The van der Waals surface area contributed by atoms with Crippen LogP contribution in [0.3, 0.4) is 0 Å². The highest BCUT2D eigenvalue weighted by molar-refractivity contribution is 6.43. The lowest BCUT2D eigenvalue weighted by atomic mass is 9.91. The van der Waals surface area contributed by atoms with Crippen molar-refractivity contribution in [3.05, 3.63) is 50.4 Å². The molecule has 0 spiro atoms. The van der Waals surface area contributed by atoms with Crippen LogP contribution < -0.4 is 16.3 Å². The zero-order valence-corrected chi connectivity index (χ0v) is 16.7. The first kappa shape index (κ1) is 18.3. The van der Waals surface area contributed by atoms with Gasteiger partial charge < -0.3 is 10.6 Å². The molecular formula is C19H21Cl2N5O. The number of halogens is 2.